The van der Waals surface area contributed by atoms with Gasteiger partial charge < -0.3 is 20.8 Å². The van der Waals surface area contributed by atoms with Crippen LogP contribution in [0.1, 0.15) is 21.3 Å². The second-order valence-corrected chi connectivity index (χ2v) is 5.59. The van der Waals surface area contributed by atoms with E-state index in [2.05, 4.69) is 0 Å². The van der Waals surface area contributed by atoms with Gasteiger partial charge in [-0.25, -0.2) is 9.59 Å². The molecule has 1 heterocycles. The molecule has 1 fully saturated rings. The number of carboxylic acids is 2. The Kier molecular flexibility index (Phi) is 4.49. The first-order valence-corrected chi connectivity index (χ1v) is 7.19. The number of amides is 1. The Labute approximate surface area is 124 Å². The molecule has 8 heteroatoms. The first-order valence-electron chi connectivity index (χ1n) is 6.14. The number of hydrogen-bond donors (Lipinski definition) is 3. The standard InChI is InChI=1S/C13H14N2O5S/c14-5-10(16)15-9(13(19)20)6-21-11(15)7-1-3-8(4-2-7)12(17)18/h1-4,9,11H,5-6,14H2,(H,17,18)(H,19,20)/t9-,11?/m0/s1. The number of thioether (sulfide) groups is 1. The fourth-order valence-electron chi connectivity index (χ4n) is 2.15. The van der Waals surface area contributed by atoms with Crippen molar-refractivity contribution in [2.75, 3.05) is 12.3 Å². The van der Waals surface area contributed by atoms with Crippen LogP contribution < -0.4 is 5.73 Å². The average molecular weight is 310 g/mol. The molecule has 1 aliphatic rings. The molecule has 1 amide bonds. The molecule has 2 atom stereocenters. The summed E-state index contributed by atoms with van der Waals surface area (Å²) in [4.78, 5) is 35.2. The molecule has 1 aromatic carbocycles. The molecular weight excluding hydrogens is 296 g/mol. The van der Waals surface area contributed by atoms with E-state index in [1.54, 1.807) is 12.1 Å². The van der Waals surface area contributed by atoms with Gasteiger partial charge >= 0.3 is 11.9 Å². The summed E-state index contributed by atoms with van der Waals surface area (Å²) in [7, 11) is 0. The van der Waals surface area contributed by atoms with Crippen LogP contribution in [-0.4, -0.2) is 51.3 Å². The minimum Gasteiger partial charge on any atom is -0.480 e. The number of aromatic carboxylic acids is 1. The molecule has 0 radical (unpaired) electrons. The zero-order valence-corrected chi connectivity index (χ0v) is 11.7. The maximum absolute atomic E-state index is 11.9. The van der Waals surface area contributed by atoms with Crippen molar-refractivity contribution in [2.45, 2.75) is 11.4 Å². The zero-order chi connectivity index (χ0) is 15.6. The van der Waals surface area contributed by atoms with Gasteiger partial charge in [-0.15, -0.1) is 11.8 Å². The summed E-state index contributed by atoms with van der Waals surface area (Å²) in [5.74, 6) is -2.29. The van der Waals surface area contributed by atoms with Crippen LogP contribution in [0.2, 0.25) is 0 Å². The first kappa shape index (κ1) is 15.3. The maximum Gasteiger partial charge on any atom is 0.335 e. The lowest BCUT2D eigenvalue weighted by atomic mass is 10.1. The van der Waals surface area contributed by atoms with E-state index in [4.69, 9.17) is 10.8 Å². The number of carbonyl (C=O) groups is 3. The third-order valence-corrected chi connectivity index (χ3v) is 4.51. The van der Waals surface area contributed by atoms with Gasteiger partial charge in [-0.3, -0.25) is 4.79 Å². The van der Waals surface area contributed by atoms with Crippen molar-refractivity contribution in [1.82, 2.24) is 4.90 Å². The lowest BCUT2D eigenvalue weighted by molar-refractivity contribution is -0.148. The zero-order valence-electron chi connectivity index (χ0n) is 10.9. The summed E-state index contributed by atoms with van der Waals surface area (Å²) < 4.78 is 0. The summed E-state index contributed by atoms with van der Waals surface area (Å²) in [6, 6.07) is 5.11. The number of nitrogens with zero attached hydrogens (tertiary/aromatic N) is 1. The van der Waals surface area contributed by atoms with Gasteiger partial charge in [0.1, 0.15) is 11.4 Å². The van der Waals surface area contributed by atoms with Crippen molar-refractivity contribution in [3.05, 3.63) is 35.4 Å². The average Bonchev–Trinajstić information content (AvgIpc) is 2.91. The molecule has 0 aliphatic carbocycles. The van der Waals surface area contributed by atoms with Crippen LogP contribution in [0.4, 0.5) is 0 Å². The summed E-state index contributed by atoms with van der Waals surface area (Å²) in [5, 5.41) is 17.6. The van der Waals surface area contributed by atoms with Gasteiger partial charge in [0, 0.05) is 5.75 Å². The van der Waals surface area contributed by atoms with Crippen molar-refractivity contribution in [3.8, 4) is 0 Å². The molecule has 0 spiro atoms. The van der Waals surface area contributed by atoms with Gasteiger partial charge in [0.15, 0.2) is 0 Å². The smallest absolute Gasteiger partial charge is 0.335 e. The van der Waals surface area contributed by atoms with Crippen LogP contribution >= 0.6 is 11.8 Å². The molecular formula is C13H14N2O5S. The highest BCUT2D eigenvalue weighted by Gasteiger charge is 2.41. The topological polar surface area (TPSA) is 121 Å². The monoisotopic (exact) mass is 310 g/mol. The van der Waals surface area contributed by atoms with Gasteiger partial charge in [-0.1, -0.05) is 12.1 Å². The van der Waals surface area contributed by atoms with Gasteiger partial charge in [-0.2, -0.15) is 0 Å². The molecule has 1 saturated heterocycles. The van der Waals surface area contributed by atoms with E-state index in [1.807, 2.05) is 0 Å². The van der Waals surface area contributed by atoms with Crippen molar-refractivity contribution in [2.24, 2.45) is 5.73 Å². The van der Waals surface area contributed by atoms with E-state index >= 15 is 0 Å². The van der Waals surface area contributed by atoms with E-state index in [9.17, 15) is 19.5 Å². The van der Waals surface area contributed by atoms with Gasteiger partial charge in [0.25, 0.3) is 0 Å². The summed E-state index contributed by atoms with van der Waals surface area (Å²) in [5.41, 5.74) is 6.16. The fraction of sp³-hybridized carbons (Fsp3) is 0.308. The number of aliphatic carboxylic acids is 1. The lowest BCUT2D eigenvalue weighted by Crippen LogP contribution is -2.45. The number of carbonyl (C=O) groups excluding carboxylic acids is 1. The van der Waals surface area contributed by atoms with Gasteiger partial charge in [-0.05, 0) is 17.7 Å². The van der Waals surface area contributed by atoms with Crippen molar-refractivity contribution in [3.63, 3.8) is 0 Å². The molecule has 112 valence electrons. The minimum absolute atomic E-state index is 0.133. The summed E-state index contributed by atoms with van der Waals surface area (Å²) in [6.07, 6.45) is 0. The molecule has 0 aromatic heterocycles. The second-order valence-electron chi connectivity index (χ2n) is 4.47. The Bertz CT molecular complexity index is 574. The Balaban J connectivity index is 2.30. The Morgan fingerprint density at radius 1 is 1.24 bits per heavy atom. The quantitative estimate of drug-likeness (QED) is 0.734. The van der Waals surface area contributed by atoms with Crippen LogP contribution in [0.5, 0.6) is 0 Å². The molecule has 2 rings (SSSR count). The van der Waals surface area contributed by atoms with E-state index in [1.165, 1.54) is 28.8 Å². The van der Waals surface area contributed by atoms with E-state index in [-0.39, 0.29) is 17.9 Å². The number of nitrogens with two attached hydrogens (primary N) is 1. The highest BCUT2D eigenvalue weighted by molar-refractivity contribution is 7.99. The predicted octanol–water partition coefficient (Wildman–Crippen LogP) is 0.371. The molecule has 4 N–H and O–H groups in total. The van der Waals surface area contributed by atoms with E-state index in [0.29, 0.717) is 5.56 Å². The van der Waals surface area contributed by atoms with Crippen LogP contribution in [0.15, 0.2) is 24.3 Å². The number of benzene rings is 1. The highest BCUT2D eigenvalue weighted by atomic mass is 32.2. The first-order chi connectivity index (χ1) is 9.95. The largest absolute Gasteiger partial charge is 0.480 e. The maximum atomic E-state index is 11.9. The third-order valence-electron chi connectivity index (χ3n) is 3.19. The van der Waals surface area contributed by atoms with Crippen LogP contribution in [0.25, 0.3) is 0 Å². The predicted molar refractivity (Wildman–Crippen MR) is 75.9 cm³/mol. The van der Waals surface area contributed by atoms with Crippen molar-refractivity contribution < 1.29 is 24.6 Å². The number of rotatable bonds is 4. The lowest BCUT2D eigenvalue weighted by Gasteiger charge is -2.27. The Morgan fingerprint density at radius 2 is 1.86 bits per heavy atom. The fourth-order valence-corrected chi connectivity index (χ4v) is 3.60. The van der Waals surface area contributed by atoms with E-state index < -0.39 is 29.3 Å². The molecule has 1 aromatic rings. The summed E-state index contributed by atoms with van der Waals surface area (Å²) in [6.45, 7) is -0.270. The summed E-state index contributed by atoms with van der Waals surface area (Å²) >= 11 is 1.32. The molecule has 1 unspecified atom stereocenters. The third kappa shape index (κ3) is 3.01. The highest BCUT2D eigenvalue weighted by Crippen LogP contribution is 2.41. The SMILES string of the molecule is NCC(=O)N1C(c2ccc(C(=O)O)cc2)SC[C@H]1C(=O)O. The van der Waals surface area contributed by atoms with Crippen molar-refractivity contribution >= 4 is 29.6 Å². The number of hydrogen-bond acceptors (Lipinski definition) is 5. The van der Waals surface area contributed by atoms with Crippen LogP contribution in [0, 0.1) is 0 Å². The Morgan fingerprint density at radius 3 is 2.33 bits per heavy atom. The second kappa shape index (κ2) is 6.15. The molecule has 21 heavy (non-hydrogen) atoms. The normalized spacial score (nSPS) is 21.3. The minimum atomic E-state index is -1.08. The van der Waals surface area contributed by atoms with Crippen molar-refractivity contribution in [1.29, 1.82) is 0 Å². The van der Waals surface area contributed by atoms with Crippen LogP contribution in [0.3, 0.4) is 0 Å². The molecule has 1 aliphatic heterocycles. The van der Waals surface area contributed by atoms with Crippen LogP contribution in [-0.2, 0) is 9.59 Å². The van der Waals surface area contributed by atoms with E-state index in [0.717, 1.165) is 0 Å². The molecule has 7 nitrogen and oxygen atoms in total. The number of carboxylic acid groups (broad SMARTS) is 2. The van der Waals surface area contributed by atoms with Gasteiger partial charge in [0.2, 0.25) is 5.91 Å². The Hall–Kier alpha value is -2.06. The molecule has 0 saturated carbocycles. The molecule has 0 bridgehead atoms. The van der Waals surface area contributed by atoms with Gasteiger partial charge in [0.05, 0.1) is 12.1 Å².